The van der Waals surface area contributed by atoms with Crippen molar-refractivity contribution in [2.75, 3.05) is 6.26 Å². The fourth-order valence-electron chi connectivity index (χ4n) is 3.15. The summed E-state index contributed by atoms with van der Waals surface area (Å²) >= 11 is 13.4. The van der Waals surface area contributed by atoms with Crippen LogP contribution in [0, 0.1) is 5.82 Å². The molecule has 0 saturated carbocycles. The van der Waals surface area contributed by atoms with Crippen LogP contribution in [-0.4, -0.2) is 19.7 Å². The van der Waals surface area contributed by atoms with E-state index >= 15 is 0 Å². The minimum atomic E-state index is -3.50. The first-order valence-corrected chi connectivity index (χ1v) is 12.8. The van der Waals surface area contributed by atoms with E-state index in [1.807, 2.05) is 0 Å². The second-order valence-corrected chi connectivity index (χ2v) is 10.9. The Balaban J connectivity index is 1.79. The molecule has 0 aliphatic heterocycles. The van der Waals surface area contributed by atoms with Crippen LogP contribution in [0.4, 0.5) is 4.39 Å². The number of halogens is 3. The summed E-state index contributed by atoms with van der Waals surface area (Å²) in [7, 11) is -3.50. The molecule has 164 valence electrons. The molecule has 0 amide bonds. The number of nitrogens with zero attached hydrogens (tertiary/aromatic N) is 1. The fraction of sp³-hybridized carbons (Fsp3) is 0.0870. The predicted octanol–water partition coefficient (Wildman–Crippen LogP) is 6.91. The smallest absolute Gasteiger partial charge is 0.176 e. The summed E-state index contributed by atoms with van der Waals surface area (Å²) in [5.41, 5.74) is 1.69. The van der Waals surface area contributed by atoms with Crippen LogP contribution in [0.3, 0.4) is 0 Å². The summed E-state index contributed by atoms with van der Waals surface area (Å²) in [6.45, 7) is 0.122. The Kier molecular flexibility index (Phi) is 6.53. The highest BCUT2D eigenvalue weighted by Gasteiger charge is 2.21. The monoisotopic (exact) mass is 507 g/mol. The van der Waals surface area contributed by atoms with Crippen LogP contribution in [0.1, 0.15) is 5.01 Å². The number of thiazole rings is 1. The molecule has 0 aliphatic carbocycles. The first-order chi connectivity index (χ1) is 15.2. The van der Waals surface area contributed by atoms with Gasteiger partial charge < -0.3 is 4.74 Å². The molecule has 0 bridgehead atoms. The van der Waals surface area contributed by atoms with Gasteiger partial charge in [0.05, 0.1) is 15.5 Å². The molecule has 9 heteroatoms. The first kappa shape index (κ1) is 22.7. The third-order valence-electron chi connectivity index (χ3n) is 4.52. The molecule has 0 radical (unpaired) electrons. The summed E-state index contributed by atoms with van der Waals surface area (Å²) < 4.78 is 44.1. The number of rotatable bonds is 6. The molecule has 0 unspecified atom stereocenters. The van der Waals surface area contributed by atoms with E-state index in [4.69, 9.17) is 27.9 Å². The quantitative estimate of drug-likeness (QED) is 0.284. The highest BCUT2D eigenvalue weighted by Crippen LogP contribution is 2.39. The standard InChI is InChI=1S/C23H16Cl2FNO3S2/c1-32(28,29)20-5-3-2-4-19(20)22-23(14-6-8-17(26)9-7-14)31-21(27-22)13-30-18-11-15(24)10-16(25)12-18/h2-12H,13H2,1H3. The average molecular weight is 508 g/mol. The second-order valence-electron chi connectivity index (χ2n) is 6.95. The van der Waals surface area contributed by atoms with Crippen LogP contribution in [0.25, 0.3) is 21.7 Å². The number of hydrogen-bond donors (Lipinski definition) is 0. The van der Waals surface area contributed by atoms with Gasteiger partial charge in [0.2, 0.25) is 0 Å². The van der Waals surface area contributed by atoms with E-state index in [9.17, 15) is 12.8 Å². The van der Waals surface area contributed by atoms with Crippen molar-refractivity contribution in [1.29, 1.82) is 0 Å². The molecule has 0 atom stereocenters. The van der Waals surface area contributed by atoms with E-state index in [0.717, 1.165) is 11.8 Å². The van der Waals surface area contributed by atoms with E-state index in [-0.39, 0.29) is 17.3 Å². The molecule has 3 aromatic carbocycles. The highest BCUT2D eigenvalue weighted by molar-refractivity contribution is 7.90. The molecule has 4 rings (SSSR count). The van der Waals surface area contributed by atoms with Crippen molar-refractivity contribution in [3.8, 4) is 27.4 Å². The van der Waals surface area contributed by atoms with Gasteiger partial charge in [0.1, 0.15) is 23.2 Å². The number of sulfone groups is 1. The van der Waals surface area contributed by atoms with Gasteiger partial charge in [-0.2, -0.15) is 0 Å². The van der Waals surface area contributed by atoms with Gasteiger partial charge in [-0.15, -0.1) is 11.3 Å². The van der Waals surface area contributed by atoms with Gasteiger partial charge >= 0.3 is 0 Å². The van der Waals surface area contributed by atoms with Crippen LogP contribution in [0.15, 0.2) is 71.6 Å². The number of ether oxygens (including phenoxy) is 1. The van der Waals surface area contributed by atoms with Crippen LogP contribution in [0.2, 0.25) is 10.0 Å². The Bertz CT molecular complexity index is 1370. The maximum Gasteiger partial charge on any atom is 0.176 e. The van der Waals surface area contributed by atoms with E-state index in [1.165, 1.54) is 23.5 Å². The molecule has 4 aromatic rings. The average Bonchev–Trinajstić information content (AvgIpc) is 3.16. The zero-order valence-corrected chi connectivity index (χ0v) is 19.8. The zero-order valence-electron chi connectivity index (χ0n) is 16.7. The lowest BCUT2D eigenvalue weighted by Crippen LogP contribution is -2.00. The minimum Gasteiger partial charge on any atom is -0.486 e. The van der Waals surface area contributed by atoms with E-state index < -0.39 is 9.84 Å². The summed E-state index contributed by atoms with van der Waals surface area (Å²) in [5, 5.41) is 1.50. The third kappa shape index (κ3) is 5.13. The molecule has 1 aromatic heterocycles. The lowest BCUT2D eigenvalue weighted by atomic mass is 10.1. The number of benzene rings is 3. The lowest BCUT2D eigenvalue weighted by Gasteiger charge is -2.08. The molecule has 0 N–H and O–H groups in total. The van der Waals surface area contributed by atoms with Gasteiger partial charge in [-0.25, -0.2) is 17.8 Å². The van der Waals surface area contributed by atoms with Crippen molar-refractivity contribution in [1.82, 2.24) is 4.98 Å². The molecule has 0 saturated heterocycles. The van der Waals surface area contributed by atoms with Gasteiger partial charge in [-0.1, -0.05) is 53.5 Å². The minimum absolute atomic E-state index is 0.122. The Morgan fingerprint density at radius 2 is 1.66 bits per heavy atom. The Hall–Kier alpha value is -2.45. The fourth-order valence-corrected chi connectivity index (χ4v) is 5.54. The Morgan fingerprint density at radius 3 is 2.31 bits per heavy atom. The van der Waals surface area contributed by atoms with Crippen LogP contribution < -0.4 is 4.74 Å². The van der Waals surface area contributed by atoms with Crippen molar-refractivity contribution in [3.05, 3.63) is 87.6 Å². The number of hydrogen-bond acceptors (Lipinski definition) is 5. The van der Waals surface area contributed by atoms with Crippen molar-refractivity contribution in [2.24, 2.45) is 0 Å². The first-order valence-electron chi connectivity index (χ1n) is 9.35. The van der Waals surface area contributed by atoms with Gasteiger partial charge in [0.25, 0.3) is 0 Å². The van der Waals surface area contributed by atoms with Crippen molar-refractivity contribution < 1.29 is 17.5 Å². The molecule has 0 aliphatic rings. The highest BCUT2D eigenvalue weighted by atomic mass is 35.5. The van der Waals surface area contributed by atoms with Crippen LogP contribution in [0.5, 0.6) is 5.75 Å². The third-order valence-corrected chi connectivity index (χ3v) is 7.19. The molecular formula is C23H16Cl2FNO3S2. The Labute approximate surface area is 199 Å². The summed E-state index contributed by atoms with van der Waals surface area (Å²) in [6.07, 6.45) is 1.16. The number of aromatic nitrogens is 1. The van der Waals surface area contributed by atoms with Gasteiger partial charge in [-0.3, -0.25) is 0 Å². The SMILES string of the molecule is CS(=O)(=O)c1ccccc1-c1nc(COc2cc(Cl)cc(Cl)c2)sc1-c1ccc(F)cc1. The molecule has 32 heavy (non-hydrogen) atoms. The van der Waals surface area contributed by atoms with Crippen LogP contribution in [-0.2, 0) is 16.4 Å². The van der Waals surface area contributed by atoms with Gasteiger partial charge in [0, 0.05) is 21.9 Å². The molecular weight excluding hydrogens is 492 g/mol. The van der Waals surface area contributed by atoms with Crippen LogP contribution >= 0.6 is 34.5 Å². The topological polar surface area (TPSA) is 56.3 Å². The zero-order chi connectivity index (χ0) is 22.9. The second kappa shape index (κ2) is 9.19. The van der Waals surface area contributed by atoms with Crippen molar-refractivity contribution in [2.45, 2.75) is 11.5 Å². The summed E-state index contributed by atoms with van der Waals surface area (Å²) in [4.78, 5) is 5.56. The predicted molar refractivity (Wildman–Crippen MR) is 127 cm³/mol. The van der Waals surface area contributed by atoms with E-state index in [1.54, 1.807) is 54.6 Å². The maximum absolute atomic E-state index is 13.5. The van der Waals surface area contributed by atoms with Gasteiger partial charge in [-0.05, 0) is 42.0 Å². The molecule has 1 heterocycles. The summed E-state index contributed by atoms with van der Waals surface area (Å²) in [5.74, 6) is 0.122. The Morgan fingerprint density at radius 1 is 1.00 bits per heavy atom. The van der Waals surface area contributed by atoms with Gasteiger partial charge in [0.15, 0.2) is 9.84 Å². The normalized spacial score (nSPS) is 11.5. The van der Waals surface area contributed by atoms with Crippen molar-refractivity contribution in [3.63, 3.8) is 0 Å². The van der Waals surface area contributed by atoms with E-state index in [2.05, 4.69) is 4.98 Å². The molecule has 0 spiro atoms. The molecule has 4 nitrogen and oxygen atoms in total. The summed E-state index contributed by atoms with van der Waals surface area (Å²) in [6, 6.07) is 17.5. The van der Waals surface area contributed by atoms with E-state index in [0.29, 0.717) is 36.9 Å². The molecule has 0 fully saturated rings. The largest absolute Gasteiger partial charge is 0.486 e. The maximum atomic E-state index is 13.5. The van der Waals surface area contributed by atoms with Crippen molar-refractivity contribution >= 4 is 44.4 Å². The lowest BCUT2D eigenvalue weighted by molar-refractivity contribution is 0.305.